The van der Waals surface area contributed by atoms with Gasteiger partial charge in [-0.05, 0) is 49.6 Å². The predicted octanol–water partition coefficient (Wildman–Crippen LogP) is 2.08. The van der Waals surface area contributed by atoms with Gasteiger partial charge in [0.15, 0.2) is 0 Å². The van der Waals surface area contributed by atoms with E-state index in [0.717, 1.165) is 5.56 Å². The second-order valence-electron chi connectivity index (χ2n) is 7.32. The van der Waals surface area contributed by atoms with E-state index in [1.54, 1.807) is 24.3 Å². The molecule has 0 aliphatic carbocycles. The maximum Gasteiger partial charge on any atom is 0.242 e. The molecule has 2 aliphatic heterocycles. The third-order valence-electron chi connectivity index (χ3n) is 5.22. The number of aryl methyl sites for hydroxylation is 1. The van der Waals surface area contributed by atoms with Crippen molar-refractivity contribution in [1.82, 2.24) is 10.9 Å². The molecule has 2 aromatic rings. The van der Waals surface area contributed by atoms with Gasteiger partial charge in [-0.15, -0.1) is 0 Å². The van der Waals surface area contributed by atoms with Crippen molar-refractivity contribution in [1.29, 1.82) is 0 Å². The van der Waals surface area contributed by atoms with Gasteiger partial charge in [0.05, 0.1) is 11.4 Å². The minimum Gasteiger partial charge on any atom is -0.325 e. The molecule has 2 aromatic carbocycles. The normalized spacial score (nSPS) is 23.7. The summed E-state index contributed by atoms with van der Waals surface area (Å²) in [6.07, 6.45) is 1.29. The minimum atomic E-state index is -3.20. The van der Waals surface area contributed by atoms with Gasteiger partial charge in [0.2, 0.25) is 15.9 Å². The fraction of sp³-hybridized carbons (Fsp3) is 0.350. The smallest absolute Gasteiger partial charge is 0.242 e. The molecule has 0 radical (unpaired) electrons. The zero-order chi connectivity index (χ0) is 19.7. The number of hydrogen-bond acceptors (Lipinski definition) is 5. The lowest BCUT2D eigenvalue weighted by atomic mass is 10.0. The molecule has 0 bridgehead atoms. The van der Waals surface area contributed by atoms with Crippen LogP contribution in [0.4, 0.5) is 11.4 Å². The molecule has 2 heterocycles. The first-order valence-electron chi connectivity index (χ1n) is 9.41. The van der Waals surface area contributed by atoms with Crippen molar-refractivity contribution >= 4 is 27.3 Å². The number of nitrogens with zero attached hydrogens (tertiary/aromatic N) is 1. The first kappa shape index (κ1) is 18.9. The number of anilines is 2. The summed E-state index contributed by atoms with van der Waals surface area (Å²) < 4.78 is 25.4. The molecule has 2 saturated heterocycles. The van der Waals surface area contributed by atoms with Crippen LogP contribution in [0.1, 0.15) is 30.0 Å². The summed E-state index contributed by atoms with van der Waals surface area (Å²) in [5.41, 5.74) is 9.86. The molecule has 4 rings (SSSR count). The van der Waals surface area contributed by atoms with Crippen LogP contribution in [0.15, 0.2) is 48.5 Å². The summed E-state index contributed by atoms with van der Waals surface area (Å²) in [6.45, 7) is 2.55. The number of sulfonamides is 1. The summed E-state index contributed by atoms with van der Waals surface area (Å²) in [5.74, 6) is 0.0669. The second kappa shape index (κ2) is 7.54. The third-order valence-corrected chi connectivity index (χ3v) is 7.09. The van der Waals surface area contributed by atoms with Gasteiger partial charge in [-0.3, -0.25) is 9.10 Å². The SMILES string of the molecule is Cc1ccc(C2CC(C(=O)Nc3ccc(N4CCCS4(=O)=O)cc3)NN2)cc1. The Bertz CT molecular complexity index is 958. The Morgan fingerprint density at radius 1 is 1.07 bits per heavy atom. The topological polar surface area (TPSA) is 90.5 Å². The molecule has 2 atom stereocenters. The fourth-order valence-electron chi connectivity index (χ4n) is 3.62. The zero-order valence-electron chi connectivity index (χ0n) is 15.7. The number of rotatable bonds is 4. The summed E-state index contributed by atoms with van der Waals surface area (Å²) >= 11 is 0. The molecule has 28 heavy (non-hydrogen) atoms. The van der Waals surface area contributed by atoms with E-state index in [0.29, 0.717) is 30.8 Å². The summed E-state index contributed by atoms with van der Waals surface area (Å²) in [5, 5.41) is 2.89. The van der Waals surface area contributed by atoms with Gasteiger partial charge in [0.25, 0.3) is 0 Å². The summed E-state index contributed by atoms with van der Waals surface area (Å²) in [7, 11) is -3.20. The molecule has 148 valence electrons. The van der Waals surface area contributed by atoms with Gasteiger partial charge in [0, 0.05) is 18.3 Å². The maximum absolute atomic E-state index is 12.6. The first-order valence-corrected chi connectivity index (χ1v) is 11.0. The Kier molecular flexibility index (Phi) is 5.09. The van der Waals surface area contributed by atoms with Crippen LogP contribution >= 0.6 is 0 Å². The van der Waals surface area contributed by atoms with Crippen LogP contribution in [-0.2, 0) is 14.8 Å². The lowest BCUT2D eigenvalue weighted by Gasteiger charge is -2.17. The van der Waals surface area contributed by atoms with E-state index in [4.69, 9.17) is 0 Å². The number of hydrazine groups is 1. The monoisotopic (exact) mass is 400 g/mol. The molecule has 0 saturated carbocycles. The van der Waals surface area contributed by atoms with Crippen LogP contribution in [0.25, 0.3) is 0 Å². The number of benzene rings is 2. The summed E-state index contributed by atoms with van der Waals surface area (Å²) in [4.78, 5) is 12.6. The molecule has 0 spiro atoms. The number of amides is 1. The molecule has 3 N–H and O–H groups in total. The van der Waals surface area contributed by atoms with E-state index in [1.807, 2.05) is 6.92 Å². The fourth-order valence-corrected chi connectivity index (χ4v) is 5.18. The molecule has 1 amide bonds. The van der Waals surface area contributed by atoms with Crippen molar-refractivity contribution in [3.05, 3.63) is 59.7 Å². The van der Waals surface area contributed by atoms with Crippen molar-refractivity contribution in [2.45, 2.75) is 31.8 Å². The van der Waals surface area contributed by atoms with Crippen molar-refractivity contribution < 1.29 is 13.2 Å². The lowest BCUT2D eigenvalue weighted by molar-refractivity contribution is -0.117. The molecular weight excluding hydrogens is 376 g/mol. The van der Waals surface area contributed by atoms with Gasteiger partial charge >= 0.3 is 0 Å². The second-order valence-corrected chi connectivity index (χ2v) is 9.33. The van der Waals surface area contributed by atoms with Crippen LogP contribution in [0, 0.1) is 6.92 Å². The van der Waals surface area contributed by atoms with Crippen molar-refractivity contribution in [3.63, 3.8) is 0 Å². The van der Waals surface area contributed by atoms with E-state index in [-0.39, 0.29) is 23.7 Å². The first-order chi connectivity index (χ1) is 13.4. The van der Waals surface area contributed by atoms with Gasteiger partial charge in [-0.2, -0.15) is 0 Å². The summed E-state index contributed by atoms with van der Waals surface area (Å²) in [6, 6.07) is 14.9. The molecular formula is C20H24N4O3S. The highest BCUT2D eigenvalue weighted by atomic mass is 32.2. The third kappa shape index (κ3) is 3.89. The van der Waals surface area contributed by atoms with Crippen LogP contribution in [0.5, 0.6) is 0 Å². The Labute approximate surface area is 165 Å². The molecule has 2 aliphatic rings. The predicted molar refractivity (Wildman–Crippen MR) is 109 cm³/mol. The van der Waals surface area contributed by atoms with E-state index in [2.05, 4.69) is 40.4 Å². The lowest BCUT2D eigenvalue weighted by Crippen LogP contribution is -2.39. The Morgan fingerprint density at radius 3 is 2.43 bits per heavy atom. The average molecular weight is 401 g/mol. The molecule has 2 fully saturated rings. The van der Waals surface area contributed by atoms with Crippen LogP contribution in [0.2, 0.25) is 0 Å². The van der Waals surface area contributed by atoms with Crippen molar-refractivity contribution in [2.75, 3.05) is 21.9 Å². The van der Waals surface area contributed by atoms with Crippen molar-refractivity contribution in [2.24, 2.45) is 0 Å². The molecule has 8 heteroatoms. The van der Waals surface area contributed by atoms with E-state index < -0.39 is 10.0 Å². The number of nitrogens with one attached hydrogen (secondary N) is 3. The highest BCUT2D eigenvalue weighted by molar-refractivity contribution is 7.93. The van der Waals surface area contributed by atoms with Crippen molar-refractivity contribution in [3.8, 4) is 0 Å². The zero-order valence-corrected chi connectivity index (χ0v) is 16.5. The highest BCUT2D eigenvalue weighted by Gasteiger charge is 2.31. The Balaban J connectivity index is 1.37. The number of carbonyl (C=O) groups is 1. The van der Waals surface area contributed by atoms with Crippen LogP contribution < -0.4 is 20.5 Å². The molecule has 7 nitrogen and oxygen atoms in total. The highest BCUT2D eigenvalue weighted by Crippen LogP contribution is 2.26. The van der Waals surface area contributed by atoms with E-state index in [1.165, 1.54) is 9.87 Å². The number of hydrogen-bond donors (Lipinski definition) is 3. The average Bonchev–Trinajstić information content (AvgIpc) is 3.30. The minimum absolute atomic E-state index is 0.0825. The van der Waals surface area contributed by atoms with Gasteiger partial charge in [0.1, 0.15) is 6.04 Å². The molecule has 0 aromatic heterocycles. The maximum atomic E-state index is 12.6. The van der Waals surface area contributed by atoms with Crippen LogP contribution in [0.3, 0.4) is 0 Å². The van der Waals surface area contributed by atoms with Crippen LogP contribution in [-0.4, -0.2) is 32.7 Å². The Hall–Kier alpha value is -2.42. The standard InChI is InChI=1S/C20H24N4O3S/c1-14-3-5-15(6-4-14)18-13-19(23-22-18)20(25)21-16-7-9-17(10-8-16)24-11-2-12-28(24,26)27/h3-10,18-19,22-23H,2,11-13H2,1H3,(H,21,25). The van der Waals surface area contributed by atoms with E-state index >= 15 is 0 Å². The van der Waals surface area contributed by atoms with E-state index in [9.17, 15) is 13.2 Å². The van der Waals surface area contributed by atoms with Gasteiger partial charge in [-0.1, -0.05) is 29.8 Å². The van der Waals surface area contributed by atoms with Gasteiger partial charge in [-0.25, -0.2) is 19.3 Å². The Morgan fingerprint density at radius 2 is 1.79 bits per heavy atom. The quantitative estimate of drug-likeness (QED) is 0.731. The van der Waals surface area contributed by atoms with Gasteiger partial charge < -0.3 is 5.32 Å². The molecule has 2 unspecified atom stereocenters. The largest absolute Gasteiger partial charge is 0.325 e. The number of carbonyl (C=O) groups excluding carboxylic acids is 1.